The Morgan fingerprint density at radius 1 is 1.17 bits per heavy atom. The van der Waals surface area contributed by atoms with Gasteiger partial charge in [-0.2, -0.15) is 8.42 Å². The molecule has 2 aromatic carbocycles. The first kappa shape index (κ1) is 24.5. The van der Waals surface area contributed by atoms with Crippen molar-refractivity contribution in [2.75, 3.05) is 16.3 Å². The number of ketones is 1. The molecule has 1 atom stereocenters. The number of anilines is 2. The van der Waals surface area contributed by atoms with Crippen LogP contribution >= 0.6 is 0 Å². The van der Waals surface area contributed by atoms with Gasteiger partial charge in [-0.1, -0.05) is 49.9 Å². The number of nitrogens with one attached hydrogen (secondary N) is 2. The number of Topliss-reactive ketones (excluding diaryl/α,β-unsaturated/α-hetero) is 1. The van der Waals surface area contributed by atoms with Crippen molar-refractivity contribution in [1.29, 1.82) is 0 Å². The molecule has 0 saturated heterocycles. The lowest BCUT2D eigenvalue weighted by atomic mass is 9.65. The number of rotatable bonds is 5. The molecule has 1 heterocycles. The van der Waals surface area contributed by atoms with E-state index in [2.05, 4.69) is 14.4 Å². The molecule has 9 nitrogen and oxygen atoms in total. The molecule has 0 radical (unpaired) electrons. The number of aliphatic hydroxyl groups is 1. The molecule has 36 heavy (non-hydrogen) atoms. The molecule has 2 aliphatic carbocycles. The smallest absolute Gasteiger partial charge is 0.286 e. The van der Waals surface area contributed by atoms with Crippen molar-refractivity contribution in [3.63, 3.8) is 0 Å². The van der Waals surface area contributed by atoms with Crippen molar-refractivity contribution < 1.29 is 26.7 Å². The molecule has 1 fully saturated rings. The zero-order valence-corrected chi connectivity index (χ0v) is 21.5. The van der Waals surface area contributed by atoms with Crippen LogP contribution in [0.15, 0.2) is 57.3 Å². The summed E-state index contributed by atoms with van der Waals surface area (Å²) in [5, 5.41) is 14.1. The highest BCUT2D eigenvalue weighted by Crippen LogP contribution is 2.46. The summed E-state index contributed by atoms with van der Waals surface area (Å²) in [7, 11) is -7.93. The predicted molar refractivity (Wildman–Crippen MR) is 138 cm³/mol. The molecule has 3 aliphatic rings. The summed E-state index contributed by atoms with van der Waals surface area (Å²) >= 11 is 0. The van der Waals surface area contributed by atoms with E-state index in [-0.39, 0.29) is 39.2 Å². The van der Waals surface area contributed by atoms with Crippen molar-refractivity contribution in [3.8, 4) is 0 Å². The van der Waals surface area contributed by atoms with Gasteiger partial charge in [0.15, 0.2) is 11.6 Å². The Hall–Kier alpha value is -3.18. The molecule has 5 rings (SSSR count). The van der Waals surface area contributed by atoms with Gasteiger partial charge in [0.25, 0.3) is 10.0 Å². The van der Waals surface area contributed by atoms with Crippen molar-refractivity contribution >= 4 is 48.8 Å². The molecular weight excluding hydrogens is 502 g/mol. The third-order valence-corrected chi connectivity index (χ3v) is 9.10. The van der Waals surface area contributed by atoms with E-state index in [4.69, 9.17) is 0 Å². The summed E-state index contributed by atoms with van der Waals surface area (Å²) in [5.74, 6) is -0.591. The molecule has 3 N–H and O–H groups in total. The monoisotopic (exact) mass is 529 g/mol. The number of nitrogens with zero attached hydrogens (tertiary/aromatic N) is 1. The molecule has 11 heteroatoms. The van der Waals surface area contributed by atoms with Crippen molar-refractivity contribution in [3.05, 3.63) is 59.2 Å². The largest absolute Gasteiger partial charge is 0.506 e. The summed E-state index contributed by atoms with van der Waals surface area (Å²) in [5.41, 5.74) is 0.275. The molecule has 0 bridgehead atoms. The summed E-state index contributed by atoms with van der Waals surface area (Å²) in [6.45, 7) is 1.86. The molecular formula is C25H27N3O6S2. The van der Waals surface area contributed by atoms with E-state index in [0.717, 1.165) is 43.6 Å². The first-order chi connectivity index (χ1) is 16.9. The summed E-state index contributed by atoms with van der Waals surface area (Å²) < 4.78 is 55.5. The highest BCUT2D eigenvalue weighted by Gasteiger charge is 2.47. The van der Waals surface area contributed by atoms with Gasteiger partial charge in [0, 0.05) is 11.3 Å². The normalized spacial score (nSPS) is 23.5. The van der Waals surface area contributed by atoms with Crippen LogP contribution in [0.4, 0.5) is 11.4 Å². The second-order valence-corrected chi connectivity index (χ2v) is 13.2. The lowest BCUT2D eigenvalue weighted by Crippen LogP contribution is -2.43. The van der Waals surface area contributed by atoms with Gasteiger partial charge in [0.2, 0.25) is 10.0 Å². The highest BCUT2D eigenvalue weighted by molar-refractivity contribution is 7.92. The van der Waals surface area contributed by atoms with Gasteiger partial charge in [-0.15, -0.1) is 4.40 Å². The standard InChI is InChI=1S/C25H27N3O6S2/c1-25(14-15-7-3-4-8-15)18-10-6-5-9-17(18)22(29)21(23(25)30)24-26-19-12-11-16(27-35(2,31)32)13-20(19)36(33,34)28-24/h5-6,9-13,15,27,29H,3-4,7-8,14H2,1-2H3,(H,26,28). The van der Waals surface area contributed by atoms with Gasteiger partial charge in [-0.05, 0) is 43.0 Å². The van der Waals surface area contributed by atoms with Crippen molar-refractivity contribution in [2.24, 2.45) is 10.3 Å². The minimum atomic E-state index is -4.31. The van der Waals surface area contributed by atoms with Crippen LogP contribution in [0.25, 0.3) is 5.76 Å². The average Bonchev–Trinajstić information content (AvgIpc) is 3.30. The fourth-order valence-electron chi connectivity index (χ4n) is 5.57. The van der Waals surface area contributed by atoms with Gasteiger partial charge < -0.3 is 10.4 Å². The minimum absolute atomic E-state index is 0.0640. The average molecular weight is 530 g/mol. The highest BCUT2D eigenvalue weighted by atomic mass is 32.2. The number of fused-ring (bicyclic) bond motifs is 2. The predicted octanol–water partition coefficient (Wildman–Crippen LogP) is 3.96. The van der Waals surface area contributed by atoms with Crippen LogP contribution in [0.3, 0.4) is 0 Å². The van der Waals surface area contributed by atoms with Gasteiger partial charge in [-0.25, -0.2) is 8.42 Å². The van der Waals surface area contributed by atoms with E-state index in [1.807, 2.05) is 19.1 Å². The van der Waals surface area contributed by atoms with Crippen LogP contribution in [0.1, 0.15) is 50.2 Å². The quantitative estimate of drug-likeness (QED) is 0.532. The molecule has 0 spiro atoms. The third-order valence-electron chi connectivity index (χ3n) is 7.18. The van der Waals surface area contributed by atoms with E-state index in [0.29, 0.717) is 17.9 Å². The number of benzene rings is 2. The zero-order chi connectivity index (χ0) is 25.9. The summed E-state index contributed by atoms with van der Waals surface area (Å²) in [6, 6.07) is 11.1. The van der Waals surface area contributed by atoms with Crippen molar-refractivity contribution in [2.45, 2.75) is 49.3 Å². The Kier molecular flexibility index (Phi) is 5.75. The van der Waals surface area contributed by atoms with Gasteiger partial charge in [-0.3, -0.25) is 9.52 Å². The second kappa shape index (κ2) is 8.45. The first-order valence-electron chi connectivity index (χ1n) is 11.7. The third kappa shape index (κ3) is 4.20. The molecule has 1 unspecified atom stereocenters. The number of aliphatic hydroxyl groups excluding tert-OH is 1. The summed E-state index contributed by atoms with van der Waals surface area (Å²) in [4.78, 5) is 13.8. The molecule has 0 amide bonds. The number of carbonyl (C=O) groups is 1. The van der Waals surface area contributed by atoms with Gasteiger partial charge in [0.1, 0.15) is 16.2 Å². The van der Waals surface area contributed by atoms with Crippen LogP contribution in [-0.2, 0) is 30.3 Å². The van der Waals surface area contributed by atoms with Crippen molar-refractivity contribution in [1.82, 2.24) is 0 Å². The summed E-state index contributed by atoms with van der Waals surface area (Å²) in [6.07, 6.45) is 5.84. The van der Waals surface area contributed by atoms with E-state index < -0.39 is 25.5 Å². The van der Waals surface area contributed by atoms with Crippen LogP contribution in [0, 0.1) is 5.92 Å². The van der Waals surface area contributed by atoms with E-state index >= 15 is 0 Å². The fraction of sp³-hybridized carbons (Fsp3) is 0.360. The van der Waals surface area contributed by atoms with Crippen LogP contribution in [0.2, 0.25) is 0 Å². The van der Waals surface area contributed by atoms with E-state index in [1.54, 1.807) is 12.1 Å². The maximum atomic E-state index is 14.0. The topological polar surface area (TPSA) is 142 Å². The van der Waals surface area contributed by atoms with Gasteiger partial charge in [0.05, 0.1) is 17.4 Å². The Balaban J connectivity index is 1.61. The Morgan fingerprint density at radius 2 is 1.86 bits per heavy atom. The van der Waals surface area contributed by atoms with Crippen LogP contribution in [0.5, 0.6) is 0 Å². The molecule has 1 saturated carbocycles. The van der Waals surface area contributed by atoms with Gasteiger partial charge >= 0.3 is 0 Å². The number of hydrogen-bond donors (Lipinski definition) is 3. The number of sulfonamides is 2. The Morgan fingerprint density at radius 3 is 2.56 bits per heavy atom. The van der Waals surface area contributed by atoms with E-state index in [1.165, 1.54) is 12.1 Å². The second-order valence-electron chi connectivity index (χ2n) is 9.91. The first-order valence-corrected chi connectivity index (χ1v) is 15.0. The molecule has 1 aliphatic heterocycles. The molecule has 2 aromatic rings. The Labute approximate surface area is 210 Å². The SMILES string of the molecule is CC1(CC2CCCC2)C(=O)C(C2=NS(=O)(=O)c3cc(NS(C)(=O)=O)ccc3N2)=C(O)c2ccccc21. The Bertz CT molecular complexity index is 1550. The lowest BCUT2D eigenvalue weighted by molar-refractivity contribution is -0.120. The zero-order valence-electron chi connectivity index (χ0n) is 19.9. The fourth-order valence-corrected chi connectivity index (χ4v) is 7.27. The van der Waals surface area contributed by atoms with Crippen LogP contribution < -0.4 is 10.0 Å². The maximum absolute atomic E-state index is 14.0. The molecule has 190 valence electrons. The number of amidine groups is 1. The number of hydrogen-bond acceptors (Lipinski definition) is 7. The maximum Gasteiger partial charge on any atom is 0.286 e. The molecule has 0 aromatic heterocycles. The minimum Gasteiger partial charge on any atom is -0.506 e. The van der Waals surface area contributed by atoms with Crippen LogP contribution in [-0.4, -0.2) is 39.8 Å². The number of carbonyl (C=O) groups excluding carboxylic acids is 1. The van der Waals surface area contributed by atoms with E-state index in [9.17, 15) is 26.7 Å². The lowest BCUT2D eigenvalue weighted by Gasteiger charge is -2.37.